The van der Waals surface area contributed by atoms with Crippen molar-refractivity contribution in [1.82, 2.24) is 5.43 Å². The van der Waals surface area contributed by atoms with Gasteiger partial charge in [-0.2, -0.15) is 5.10 Å². The zero-order valence-corrected chi connectivity index (χ0v) is 8.00. The summed E-state index contributed by atoms with van der Waals surface area (Å²) in [5.41, 5.74) is 1.52. The van der Waals surface area contributed by atoms with Crippen LogP contribution in [0.15, 0.2) is 5.10 Å². The number of halogens is 3. The third kappa shape index (κ3) is 1.72. The van der Waals surface area contributed by atoms with E-state index in [1.807, 2.05) is 0 Å². The first-order valence-electron chi connectivity index (χ1n) is 2.94. The van der Waals surface area contributed by atoms with Gasteiger partial charge in [0.1, 0.15) is 0 Å². The zero-order valence-electron chi connectivity index (χ0n) is 5.74. The van der Waals surface area contributed by atoms with E-state index in [4.69, 9.17) is 34.8 Å². The van der Waals surface area contributed by atoms with E-state index >= 15 is 0 Å². The largest absolute Gasteiger partial charge is 0.366 e. The van der Waals surface area contributed by atoms with E-state index in [9.17, 15) is 5.11 Å². The fraction of sp³-hybridized carbons (Fsp3) is 0.800. The number of alkyl halides is 3. The third-order valence-corrected chi connectivity index (χ3v) is 2.35. The molecule has 1 aliphatic rings. The number of aliphatic hydroxyl groups is 1. The van der Waals surface area contributed by atoms with Gasteiger partial charge in [-0.25, -0.2) is 0 Å². The second kappa shape index (κ2) is 2.66. The molecule has 0 saturated carbocycles. The molecule has 1 rings (SSSR count). The molecule has 0 aliphatic carbocycles. The number of nitrogens with one attached hydrogen (secondary N) is 1. The van der Waals surface area contributed by atoms with Gasteiger partial charge in [0.2, 0.25) is 9.52 Å². The van der Waals surface area contributed by atoms with Crippen molar-refractivity contribution < 1.29 is 5.11 Å². The van der Waals surface area contributed by atoms with Crippen LogP contribution in [0.3, 0.4) is 0 Å². The molecular formula is C5H7Cl3N2O. The Balaban J connectivity index is 2.74. The van der Waals surface area contributed by atoms with Crippen molar-refractivity contribution in [3.05, 3.63) is 0 Å². The molecule has 0 amide bonds. The number of hydrogen-bond acceptors (Lipinski definition) is 3. The molecule has 0 aromatic carbocycles. The van der Waals surface area contributed by atoms with Gasteiger partial charge in [-0.1, -0.05) is 34.8 Å². The SMILES string of the molecule is CC1=NNC(O)(C(Cl)(Cl)Cl)C1. The number of nitrogens with zero attached hydrogens (tertiary/aromatic N) is 1. The molecule has 0 fully saturated rings. The molecule has 0 saturated heterocycles. The first-order valence-corrected chi connectivity index (χ1v) is 4.08. The van der Waals surface area contributed by atoms with Gasteiger partial charge in [-0.3, -0.25) is 5.43 Å². The summed E-state index contributed by atoms with van der Waals surface area (Å²) in [6.07, 6.45) is 0.226. The minimum atomic E-state index is -1.76. The predicted molar refractivity (Wildman–Crippen MR) is 46.1 cm³/mol. The van der Waals surface area contributed by atoms with E-state index in [0.717, 1.165) is 0 Å². The first-order chi connectivity index (χ1) is 4.85. The quantitative estimate of drug-likeness (QED) is 0.603. The summed E-state index contributed by atoms with van der Waals surface area (Å²) in [5, 5.41) is 13.3. The lowest BCUT2D eigenvalue weighted by atomic mass is 10.1. The Labute approximate surface area is 79.3 Å². The summed E-state index contributed by atoms with van der Waals surface area (Å²) >= 11 is 16.5. The minimum absolute atomic E-state index is 0.226. The average Bonchev–Trinajstić information content (AvgIpc) is 2.10. The van der Waals surface area contributed by atoms with Crippen LogP contribution in [-0.2, 0) is 0 Å². The normalized spacial score (nSPS) is 31.5. The summed E-state index contributed by atoms with van der Waals surface area (Å²) in [4.78, 5) is 0. The van der Waals surface area contributed by atoms with E-state index in [2.05, 4.69) is 10.5 Å². The standard InChI is InChI=1S/C5H7Cl3N2O/c1-3-2-4(11,10-9-3)5(6,7)8/h10-11H,2H2,1H3. The molecule has 6 heteroatoms. The molecule has 0 aromatic rings. The molecule has 11 heavy (non-hydrogen) atoms. The topological polar surface area (TPSA) is 44.6 Å². The maximum Gasteiger partial charge on any atom is 0.239 e. The van der Waals surface area contributed by atoms with E-state index in [0.29, 0.717) is 5.71 Å². The number of hydrogen-bond donors (Lipinski definition) is 2. The highest BCUT2D eigenvalue weighted by Gasteiger charge is 2.50. The Morgan fingerprint density at radius 2 is 2.18 bits per heavy atom. The molecule has 0 bridgehead atoms. The molecule has 0 aromatic heterocycles. The summed E-state index contributed by atoms with van der Waals surface area (Å²) in [6, 6.07) is 0. The van der Waals surface area contributed by atoms with Crippen molar-refractivity contribution in [3.8, 4) is 0 Å². The van der Waals surface area contributed by atoms with Crippen molar-refractivity contribution in [2.75, 3.05) is 0 Å². The lowest BCUT2D eigenvalue weighted by Crippen LogP contribution is -2.50. The van der Waals surface area contributed by atoms with Gasteiger partial charge in [-0.15, -0.1) is 0 Å². The average molecular weight is 217 g/mol. The van der Waals surface area contributed by atoms with Gasteiger partial charge in [0, 0.05) is 12.1 Å². The fourth-order valence-corrected chi connectivity index (χ4v) is 1.13. The van der Waals surface area contributed by atoms with Gasteiger partial charge in [0.05, 0.1) is 0 Å². The van der Waals surface area contributed by atoms with Crippen LogP contribution in [0.2, 0.25) is 0 Å². The Hall–Kier alpha value is 0.300. The predicted octanol–water partition coefficient (Wildman–Crippen LogP) is 1.41. The van der Waals surface area contributed by atoms with E-state index < -0.39 is 9.52 Å². The van der Waals surface area contributed by atoms with Crippen LogP contribution in [0.4, 0.5) is 0 Å². The van der Waals surface area contributed by atoms with Gasteiger partial charge in [0.25, 0.3) is 0 Å². The Bertz CT molecular complexity index is 200. The Morgan fingerprint density at radius 1 is 1.64 bits per heavy atom. The van der Waals surface area contributed by atoms with Crippen LogP contribution in [0, 0.1) is 0 Å². The Morgan fingerprint density at radius 3 is 2.36 bits per heavy atom. The van der Waals surface area contributed by atoms with Gasteiger partial charge in [0.15, 0.2) is 0 Å². The fourth-order valence-electron chi connectivity index (χ4n) is 0.801. The second-order valence-electron chi connectivity index (χ2n) is 2.49. The van der Waals surface area contributed by atoms with Gasteiger partial charge >= 0.3 is 0 Å². The molecule has 0 radical (unpaired) electrons. The van der Waals surface area contributed by atoms with E-state index in [1.165, 1.54) is 0 Å². The highest BCUT2D eigenvalue weighted by molar-refractivity contribution is 6.68. The van der Waals surface area contributed by atoms with E-state index in [-0.39, 0.29) is 6.42 Å². The molecule has 1 aliphatic heterocycles. The monoisotopic (exact) mass is 216 g/mol. The summed E-state index contributed by atoms with van der Waals surface area (Å²) in [6.45, 7) is 1.74. The van der Waals surface area contributed by atoms with Crippen molar-refractivity contribution >= 4 is 40.5 Å². The van der Waals surface area contributed by atoms with Crippen LogP contribution in [0.25, 0.3) is 0 Å². The highest BCUT2D eigenvalue weighted by atomic mass is 35.6. The molecule has 64 valence electrons. The van der Waals surface area contributed by atoms with Crippen molar-refractivity contribution in [1.29, 1.82) is 0 Å². The Kier molecular flexibility index (Phi) is 2.27. The molecule has 1 heterocycles. The zero-order chi connectivity index (χ0) is 8.70. The van der Waals surface area contributed by atoms with Gasteiger partial charge in [-0.05, 0) is 6.92 Å². The van der Waals surface area contributed by atoms with Crippen LogP contribution in [0.1, 0.15) is 13.3 Å². The molecule has 3 nitrogen and oxygen atoms in total. The molecule has 2 N–H and O–H groups in total. The third-order valence-electron chi connectivity index (χ3n) is 1.41. The first kappa shape index (κ1) is 9.39. The lowest BCUT2D eigenvalue weighted by Gasteiger charge is -2.29. The number of hydrazone groups is 1. The maximum absolute atomic E-state index is 9.58. The molecule has 0 spiro atoms. The molecule has 1 atom stereocenters. The van der Waals surface area contributed by atoms with Crippen LogP contribution in [0.5, 0.6) is 0 Å². The van der Waals surface area contributed by atoms with Crippen LogP contribution in [-0.4, -0.2) is 20.3 Å². The molecular weight excluding hydrogens is 210 g/mol. The number of rotatable bonds is 0. The minimum Gasteiger partial charge on any atom is -0.366 e. The van der Waals surface area contributed by atoms with Crippen molar-refractivity contribution in [2.45, 2.75) is 22.9 Å². The highest BCUT2D eigenvalue weighted by Crippen LogP contribution is 2.40. The van der Waals surface area contributed by atoms with Crippen molar-refractivity contribution in [3.63, 3.8) is 0 Å². The second-order valence-corrected chi connectivity index (χ2v) is 4.77. The van der Waals surface area contributed by atoms with Crippen molar-refractivity contribution in [2.24, 2.45) is 5.10 Å². The lowest BCUT2D eigenvalue weighted by molar-refractivity contribution is 0.0271. The maximum atomic E-state index is 9.58. The van der Waals surface area contributed by atoms with E-state index in [1.54, 1.807) is 6.92 Å². The summed E-state index contributed by atoms with van der Waals surface area (Å²) in [5.74, 6) is 0. The van der Waals surface area contributed by atoms with Crippen LogP contribution >= 0.6 is 34.8 Å². The van der Waals surface area contributed by atoms with Gasteiger partial charge < -0.3 is 5.11 Å². The van der Waals surface area contributed by atoms with Crippen LogP contribution < -0.4 is 5.43 Å². The summed E-state index contributed by atoms with van der Waals surface area (Å²) in [7, 11) is 0. The smallest absolute Gasteiger partial charge is 0.239 e. The molecule has 1 unspecified atom stereocenters. The summed E-state index contributed by atoms with van der Waals surface area (Å²) < 4.78 is -1.76.